The monoisotopic (exact) mass is 478 g/mol. The lowest BCUT2D eigenvalue weighted by Gasteiger charge is -2.18. The highest BCUT2D eigenvalue weighted by Gasteiger charge is 2.21. The van der Waals surface area contributed by atoms with Gasteiger partial charge in [-0.25, -0.2) is 0 Å². The van der Waals surface area contributed by atoms with Crippen molar-refractivity contribution in [3.63, 3.8) is 0 Å². The van der Waals surface area contributed by atoms with E-state index in [-0.39, 0.29) is 41.7 Å². The summed E-state index contributed by atoms with van der Waals surface area (Å²) in [6.07, 6.45) is 2.61. The van der Waals surface area contributed by atoms with E-state index in [2.05, 4.69) is 10.6 Å². The Bertz CT molecular complexity index is 1270. The highest BCUT2D eigenvalue weighted by molar-refractivity contribution is 5.95. The van der Waals surface area contributed by atoms with Gasteiger partial charge in [-0.3, -0.25) is 9.59 Å². The Morgan fingerprint density at radius 3 is 2.09 bits per heavy atom. The Morgan fingerprint density at radius 1 is 0.800 bits per heavy atom. The van der Waals surface area contributed by atoms with Gasteiger partial charge < -0.3 is 36.2 Å². The van der Waals surface area contributed by atoms with Crippen LogP contribution in [0.5, 0.6) is 28.7 Å². The van der Waals surface area contributed by atoms with Crippen LogP contribution in [0, 0.1) is 6.92 Å². The first-order valence-corrected chi connectivity index (χ1v) is 10.7. The summed E-state index contributed by atoms with van der Waals surface area (Å²) < 4.78 is 0. The van der Waals surface area contributed by atoms with Crippen LogP contribution < -0.4 is 10.6 Å². The maximum atomic E-state index is 12.9. The average Bonchev–Trinajstić information content (AvgIpc) is 2.82. The third-order valence-electron chi connectivity index (χ3n) is 5.28. The van der Waals surface area contributed by atoms with Crippen LogP contribution in [0.2, 0.25) is 0 Å². The van der Waals surface area contributed by atoms with Gasteiger partial charge in [0.25, 0.3) is 0 Å². The molecular weight excluding hydrogens is 452 g/mol. The van der Waals surface area contributed by atoms with E-state index >= 15 is 0 Å². The summed E-state index contributed by atoms with van der Waals surface area (Å²) in [5, 5.41) is 53.5. The predicted octanol–water partition coefficient (Wildman–Crippen LogP) is 2.58. The number of aromatic hydroxyl groups is 5. The Balaban J connectivity index is 1.73. The minimum absolute atomic E-state index is 0.0262. The van der Waals surface area contributed by atoms with Gasteiger partial charge in [0.1, 0.15) is 11.8 Å². The summed E-state index contributed by atoms with van der Waals surface area (Å²) in [6, 6.07) is 12.2. The fourth-order valence-electron chi connectivity index (χ4n) is 3.25. The van der Waals surface area contributed by atoms with Crippen molar-refractivity contribution in [1.29, 1.82) is 0 Å². The van der Waals surface area contributed by atoms with E-state index in [1.807, 2.05) is 0 Å². The molecule has 3 aromatic carbocycles. The first-order chi connectivity index (χ1) is 16.6. The number of amides is 2. The summed E-state index contributed by atoms with van der Waals surface area (Å²) in [6.45, 7) is 1.87. The second-order valence-electron chi connectivity index (χ2n) is 8.01. The molecule has 0 saturated heterocycles. The Kier molecular flexibility index (Phi) is 7.83. The number of aryl methyl sites for hydroxylation is 1. The Morgan fingerprint density at radius 2 is 1.43 bits per heavy atom. The van der Waals surface area contributed by atoms with Gasteiger partial charge in [0.2, 0.25) is 11.8 Å². The number of phenols is 5. The fraction of sp³-hybridized carbons (Fsp3) is 0.154. The zero-order valence-corrected chi connectivity index (χ0v) is 18.9. The molecule has 1 atom stereocenters. The van der Waals surface area contributed by atoms with Gasteiger partial charge in [0.15, 0.2) is 23.0 Å². The summed E-state index contributed by atoms with van der Waals surface area (Å²) in [5.41, 5.74) is 2.33. The molecule has 0 aliphatic heterocycles. The third kappa shape index (κ3) is 6.91. The molecule has 3 aromatic rings. The zero-order valence-electron chi connectivity index (χ0n) is 18.9. The summed E-state index contributed by atoms with van der Waals surface area (Å²) in [7, 11) is 0. The normalized spacial score (nSPS) is 11.8. The molecule has 7 N–H and O–H groups in total. The first-order valence-electron chi connectivity index (χ1n) is 10.7. The molecule has 9 nitrogen and oxygen atoms in total. The van der Waals surface area contributed by atoms with Gasteiger partial charge in [-0.05, 0) is 65.6 Å². The van der Waals surface area contributed by atoms with Crippen molar-refractivity contribution >= 4 is 17.9 Å². The molecule has 3 rings (SSSR count). The molecule has 0 unspecified atom stereocenters. The number of carbonyl (C=O) groups excluding carboxylic acids is 2. The maximum absolute atomic E-state index is 12.9. The van der Waals surface area contributed by atoms with Crippen molar-refractivity contribution in [1.82, 2.24) is 10.6 Å². The van der Waals surface area contributed by atoms with Gasteiger partial charge >= 0.3 is 0 Å². The van der Waals surface area contributed by atoms with Gasteiger partial charge in [-0.2, -0.15) is 0 Å². The minimum Gasteiger partial charge on any atom is -0.508 e. The van der Waals surface area contributed by atoms with E-state index in [0.29, 0.717) is 22.3 Å². The Hall–Kier alpha value is -4.66. The molecular formula is C26H26N2O7. The third-order valence-corrected chi connectivity index (χ3v) is 5.28. The lowest BCUT2D eigenvalue weighted by Crippen LogP contribution is -2.47. The molecule has 9 heteroatoms. The molecule has 0 heterocycles. The first kappa shape index (κ1) is 25.0. The molecule has 0 spiro atoms. The molecule has 0 aliphatic carbocycles. The van der Waals surface area contributed by atoms with Crippen LogP contribution in [0.15, 0.2) is 60.7 Å². The molecule has 0 saturated carbocycles. The smallest absolute Gasteiger partial charge is 0.244 e. The second kappa shape index (κ2) is 11.0. The molecule has 0 fully saturated rings. The SMILES string of the molecule is Cc1ccc(CNC(=O)[C@H](Cc2ccc(O)c(O)c2)NC(=O)/C=C/c2ccc(O)c(O)c2)cc1O. The molecule has 0 aliphatic rings. The lowest BCUT2D eigenvalue weighted by atomic mass is 10.0. The van der Waals surface area contributed by atoms with Crippen molar-refractivity contribution in [2.45, 2.75) is 25.9 Å². The van der Waals surface area contributed by atoms with Crippen LogP contribution in [-0.4, -0.2) is 43.4 Å². The highest BCUT2D eigenvalue weighted by Crippen LogP contribution is 2.26. The number of rotatable bonds is 8. The van der Waals surface area contributed by atoms with Crippen molar-refractivity contribution in [2.75, 3.05) is 0 Å². The van der Waals surface area contributed by atoms with E-state index in [4.69, 9.17) is 0 Å². The van der Waals surface area contributed by atoms with E-state index in [9.17, 15) is 35.1 Å². The summed E-state index contributed by atoms with van der Waals surface area (Å²) >= 11 is 0. The van der Waals surface area contributed by atoms with Crippen LogP contribution in [0.4, 0.5) is 0 Å². The van der Waals surface area contributed by atoms with Gasteiger partial charge in [-0.15, -0.1) is 0 Å². The average molecular weight is 479 g/mol. The van der Waals surface area contributed by atoms with Gasteiger partial charge in [0, 0.05) is 19.0 Å². The predicted molar refractivity (Wildman–Crippen MR) is 129 cm³/mol. The highest BCUT2D eigenvalue weighted by atomic mass is 16.3. The number of hydrogen-bond donors (Lipinski definition) is 7. The second-order valence-corrected chi connectivity index (χ2v) is 8.01. The number of phenolic OH excluding ortho intramolecular Hbond substituents is 5. The largest absolute Gasteiger partial charge is 0.508 e. The van der Waals surface area contributed by atoms with Crippen molar-refractivity contribution in [2.24, 2.45) is 0 Å². The molecule has 0 bridgehead atoms. The minimum atomic E-state index is -1.02. The quantitative estimate of drug-likeness (QED) is 0.194. The molecule has 182 valence electrons. The van der Waals surface area contributed by atoms with Crippen LogP contribution >= 0.6 is 0 Å². The van der Waals surface area contributed by atoms with E-state index in [0.717, 1.165) is 0 Å². The molecule has 0 radical (unpaired) electrons. The Labute approximate surface area is 201 Å². The van der Waals surface area contributed by atoms with Crippen LogP contribution in [0.1, 0.15) is 22.3 Å². The molecule has 0 aromatic heterocycles. The maximum Gasteiger partial charge on any atom is 0.244 e. The number of nitrogens with one attached hydrogen (secondary N) is 2. The standard InChI is InChI=1S/C26H26N2O7/c1-15-2-3-18(13-22(15)31)14-27-26(35)19(10-17-5-8-21(30)24(33)12-17)28-25(34)9-6-16-4-7-20(29)23(32)11-16/h2-9,11-13,19,29-33H,10,14H2,1H3,(H,27,35)(H,28,34)/b9-6+/t19-/m0/s1. The fourth-order valence-corrected chi connectivity index (χ4v) is 3.25. The zero-order chi connectivity index (χ0) is 25.5. The van der Waals surface area contributed by atoms with E-state index < -0.39 is 17.9 Å². The van der Waals surface area contributed by atoms with Crippen molar-refractivity contribution in [3.8, 4) is 28.7 Å². The lowest BCUT2D eigenvalue weighted by molar-refractivity contribution is -0.127. The summed E-state index contributed by atoms with van der Waals surface area (Å²) in [5.74, 6) is -2.27. The van der Waals surface area contributed by atoms with E-state index in [1.165, 1.54) is 54.6 Å². The molecule has 35 heavy (non-hydrogen) atoms. The van der Waals surface area contributed by atoms with Gasteiger partial charge in [-0.1, -0.05) is 24.3 Å². The molecule has 2 amide bonds. The summed E-state index contributed by atoms with van der Waals surface area (Å²) in [4.78, 5) is 25.5. The van der Waals surface area contributed by atoms with Crippen molar-refractivity contribution < 1.29 is 35.1 Å². The number of benzene rings is 3. The van der Waals surface area contributed by atoms with Crippen LogP contribution in [-0.2, 0) is 22.6 Å². The van der Waals surface area contributed by atoms with Crippen LogP contribution in [0.25, 0.3) is 6.08 Å². The van der Waals surface area contributed by atoms with E-state index in [1.54, 1.807) is 19.1 Å². The van der Waals surface area contributed by atoms with Crippen molar-refractivity contribution in [3.05, 3.63) is 82.9 Å². The number of hydrogen-bond acceptors (Lipinski definition) is 7. The van der Waals surface area contributed by atoms with Gasteiger partial charge in [0.05, 0.1) is 0 Å². The topological polar surface area (TPSA) is 159 Å². The van der Waals surface area contributed by atoms with Crippen LogP contribution in [0.3, 0.4) is 0 Å². The number of carbonyl (C=O) groups is 2.